The Balaban J connectivity index is 2.05. The molecule has 1 aromatic carbocycles. The van der Waals surface area contributed by atoms with E-state index in [4.69, 9.17) is 0 Å². The SMILES string of the molecule is CCCCCCCCCCSc1cccc(C(C)O)c1. The van der Waals surface area contributed by atoms with E-state index >= 15 is 0 Å². The summed E-state index contributed by atoms with van der Waals surface area (Å²) in [7, 11) is 0. The molecule has 0 radical (unpaired) electrons. The molecule has 0 saturated heterocycles. The van der Waals surface area contributed by atoms with Crippen LogP contribution in [-0.4, -0.2) is 10.9 Å². The summed E-state index contributed by atoms with van der Waals surface area (Å²) in [6.45, 7) is 4.09. The summed E-state index contributed by atoms with van der Waals surface area (Å²) in [5, 5.41) is 9.57. The Morgan fingerprint density at radius 2 is 1.65 bits per heavy atom. The van der Waals surface area contributed by atoms with Crippen molar-refractivity contribution in [3.8, 4) is 0 Å². The van der Waals surface area contributed by atoms with Gasteiger partial charge in [-0.1, -0.05) is 64.0 Å². The predicted molar refractivity (Wildman–Crippen MR) is 90.4 cm³/mol. The zero-order valence-electron chi connectivity index (χ0n) is 13.1. The van der Waals surface area contributed by atoms with Gasteiger partial charge in [-0.25, -0.2) is 0 Å². The van der Waals surface area contributed by atoms with Crippen molar-refractivity contribution >= 4 is 11.8 Å². The summed E-state index contributed by atoms with van der Waals surface area (Å²) in [6.07, 6.45) is 10.7. The average molecular weight is 295 g/mol. The fourth-order valence-electron chi connectivity index (χ4n) is 2.29. The first-order valence-electron chi connectivity index (χ1n) is 8.15. The van der Waals surface area contributed by atoms with Crippen LogP contribution in [0.15, 0.2) is 29.2 Å². The number of aliphatic hydroxyl groups is 1. The van der Waals surface area contributed by atoms with Gasteiger partial charge >= 0.3 is 0 Å². The topological polar surface area (TPSA) is 20.2 Å². The van der Waals surface area contributed by atoms with Crippen LogP contribution in [0.1, 0.15) is 76.9 Å². The molecular weight excluding hydrogens is 264 g/mol. The third-order valence-corrected chi connectivity index (χ3v) is 4.69. The van der Waals surface area contributed by atoms with Gasteiger partial charge in [0.2, 0.25) is 0 Å². The lowest BCUT2D eigenvalue weighted by atomic mass is 10.1. The molecule has 0 heterocycles. The van der Waals surface area contributed by atoms with Crippen molar-refractivity contribution < 1.29 is 5.11 Å². The highest BCUT2D eigenvalue weighted by molar-refractivity contribution is 7.99. The first kappa shape index (κ1) is 17.6. The van der Waals surface area contributed by atoms with Crippen LogP contribution in [0.5, 0.6) is 0 Å². The van der Waals surface area contributed by atoms with Gasteiger partial charge in [0.25, 0.3) is 0 Å². The summed E-state index contributed by atoms with van der Waals surface area (Å²) >= 11 is 1.91. The maximum atomic E-state index is 9.57. The molecule has 0 aliphatic rings. The van der Waals surface area contributed by atoms with E-state index in [9.17, 15) is 5.11 Å². The highest BCUT2D eigenvalue weighted by atomic mass is 32.2. The third kappa shape index (κ3) is 7.96. The van der Waals surface area contributed by atoms with Crippen LogP contribution in [0.4, 0.5) is 0 Å². The minimum atomic E-state index is -0.362. The Morgan fingerprint density at radius 1 is 1.00 bits per heavy atom. The first-order valence-corrected chi connectivity index (χ1v) is 9.13. The van der Waals surface area contributed by atoms with E-state index in [2.05, 4.69) is 19.1 Å². The smallest absolute Gasteiger partial charge is 0.0762 e. The van der Waals surface area contributed by atoms with Crippen LogP contribution in [0, 0.1) is 0 Å². The number of rotatable bonds is 11. The van der Waals surface area contributed by atoms with Crippen LogP contribution in [0.3, 0.4) is 0 Å². The van der Waals surface area contributed by atoms with Gasteiger partial charge in [0.15, 0.2) is 0 Å². The standard InChI is InChI=1S/C18H30OS/c1-3-4-5-6-7-8-9-10-14-20-18-13-11-12-17(15-18)16(2)19/h11-13,15-16,19H,3-10,14H2,1-2H3. The van der Waals surface area contributed by atoms with Crippen molar-refractivity contribution in [3.05, 3.63) is 29.8 Å². The Bertz CT molecular complexity index is 349. The monoisotopic (exact) mass is 294 g/mol. The van der Waals surface area contributed by atoms with E-state index < -0.39 is 0 Å². The van der Waals surface area contributed by atoms with Crippen LogP contribution in [0.25, 0.3) is 0 Å². The molecule has 0 fully saturated rings. The Kier molecular flexibility index (Phi) is 9.86. The molecule has 0 bridgehead atoms. The van der Waals surface area contributed by atoms with Crippen molar-refractivity contribution in [2.45, 2.75) is 76.2 Å². The van der Waals surface area contributed by atoms with Gasteiger partial charge in [-0.2, -0.15) is 0 Å². The van der Waals surface area contributed by atoms with Gasteiger partial charge in [-0.3, -0.25) is 0 Å². The van der Waals surface area contributed by atoms with E-state index in [1.165, 1.54) is 62.0 Å². The highest BCUT2D eigenvalue weighted by Gasteiger charge is 2.01. The molecule has 114 valence electrons. The van der Waals surface area contributed by atoms with Crippen LogP contribution in [-0.2, 0) is 0 Å². The molecule has 1 rings (SSSR count). The van der Waals surface area contributed by atoms with Crippen LogP contribution >= 0.6 is 11.8 Å². The zero-order chi connectivity index (χ0) is 14.6. The molecule has 1 atom stereocenters. The number of hydrogen-bond acceptors (Lipinski definition) is 2. The zero-order valence-corrected chi connectivity index (χ0v) is 13.9. The van der Waals surface area contributed by atoms with Gasteiger partial charge in [0.05, 0.1) is 6.10 Å². The fourth-order valence-corrected chi connectivity index (χ4v) is 3.27. The number of aliphatic hydroxyl groups excluding tert-OH is 1. The van der Waals surface area contributed by atoms with Gasteiger partial charge in [-0.15, -0.1) is 11.8 Å². The summed E-state index contributed by atoms with van der Waals surface area (Å²) in [5.74, 6) is 1.19. The minimum absolute atomic E-state index is 0.362. The molecule has 1 N–H and O–H groups in total. The molecule has 1 aromatic rings. The highest BCUT2D eigenvalue weighted by Crippen LogP contribution is 2.23. The molecule has 0 amide bonds. The van der Waals surface area contributed by atoms with E-state index in [1.807, 2.05) is 30.8 Å². The predicted octanol–water partition coefficient (Wildman–Crippen LogP) is 5.97. The molecule has 1 nitrogen and oxygen atoms in total. The number of hydrogen-bond donors (Lipinski definition) is 1. The minimum Gasteiger partial charge on any atom is -0.389 e. The molecule has 0 spiro atoms. The van der Waals surface area contributed by atoms with Gasteiger partial charge in [0.1, 0.15) is 0 Å². The molecule has 20 heavy (non-hydrogen) atoms. The molecule has 0 aliphatic carbocycles. The van der Waals surface area contributed by atoms with E-state index in [-0.39, 0.29) is 6.10 Å². The first-order chi connectivity index (χ1) is 9.74. The van der Waals surface area contributed by atoms with Crippen LogP contribution in [0.2, 0.25) is 0 Å². The van der Waals surface area contributed by atoms with Crippen molar-refractivity contribution in [1.82, 2.24) is 0 Å². The quantitative estimate of drug-likeness (QED) is 0.400. The Morgan fingerprint density at radius 3 is 2.30 bits per heavy atom. The van der Waals surface area contributed by atoms with Crippen molar-refractivity contribution in [3.63, 3.8) is 0 Å². The van der Waals surface area contributed by atoms with Gasteiger partial charge in [0, 0.05) is 4.90 Å². The number of unbranched alkanes of at least 4 members (excludes halogenated alkanes) is 7. The van der Waals surface area contributed by atoms with Gasteiger partial charge in [-0.05, 0) is 36.8 Å². The molecule has 2 heteroatoms. The average Bonchev–Trinajstić information content (AvgIpc) is 2.46. The van der Waals surface area contributed by atoms with E-state index in [1.54, 1.807) is 0 Å². The van der Waals surface area contributed by atoms with E-state index in [0.717, 1.165) is 5.56 Å². The fraction of sp³-hybridized carbons (Fsp3) is 0.667. The van der Waals surface area contributed by atoms with Crippen molar-refractivity contribution in [2.75, 3.05) is 5.75 Å². The third-order valence-electron chi connectivity index (χ3n) is 3.61. The Hall–Kier alpha value is -0.470. The summed E-state index contributed by atoms with van der Waals surface area (Å²) in [6, 6.07) is 8.28. The molecule has 1 unspecified atom stereocenters. The van der Waals surface area contributed by atoms with Gasteiger partial charge < -0.3 is 5.11 Å². The molecular formula is C18H30OS. The normalized spacial score (nSPS) is 12.6. The second-order valence-corrected chi connectivity index (χ2v) is 6.74. The van der Waals surface area contributed by atoms with Crippen molar-refractivity contribution in [1.29, 1.82) is 0 Å². The second kappa shape index (κ2) is 11.2. The molecule has 0 aromatic heterocycles. The summed E-state index contributed by atoms with van der Waals surface area (Å²) in [4.78, 5) is 1.28. The largest absolute Gasteiger partial charge is 0.389 e. The maximum Gasteiger partial charge on any atom is 0.0762 e. The lowest BCUT2D eigenvalue weighted by molar-refractivity contribution is 0.199. The summed E-state index contributed by atoms with van der Waals surface area (Å²) in [5.41, 5.74) is 1.02. The number of benzene rings is 1. The van der Waals surface area contributed by atoms with Crippen molar-refractivity contribution in [2.24, 2.45) is 0 Å². The Labute approximate surface area is 129 Å². The van der Waals surface area contributed by atoms with Crippen LogP contribution < -0.4 is 0 Å². The number of thioether (sulfide) groups is 1. The lowest BCUT2D eigenvalue weighted by Gasteiger charge is -2.07. The summed E-state index contributed by atoms with van der Waals surface area (Å²) < 4.78 is 0. The molecule has 0 saturated carbocycles. The lowest BCUT2D eigenvalue weighted by Crippen LogP contribution is -1.90. The second-order valence-electron chi connectivity index (χ2n) is 5.57. The van der Waals surface area contributed by atoms with E-state index in [0.29, 0.717) is 0 Å². The maximum absolute atomic E-state index is 9.57. The molecule has 0 aliphatic heterocycles.